The van der Waals surface area contributed by atoms with Crippen molar-refractivity contribution in [1.82, 2.24) is 0 Å². The van der Waals surface area contributed by atoms with Gasteiger partial charge in [0, 0.05) is 0 Å². The molecular formula is C14H17Cl2STi. The molecule has 2 rings (SSSR count). The molecule has 0 aromatic rings. The van der Waals surface area contributed by atoms with Gasteiger partial charge in [0.05, 0.1) is 0 Å². The average Bonchev–Trinajstić information content (AvgIpc) is 2.68. The third-order valence-corrected chi connectivity index (χ3v) is 5.78. The van der Waals surface area contributed by atoms with Gasteiger partial charge in [0.15, 0.2) is 0 Å². The number of hydrogen-bond acceptors (Lipinski definition) is 1. The van der Waals surface area contributed by atoms with Crippen molar-refractivity contribution in [2.24, 2.45) is 0 Å². The van der Waals surface area contributed by atoms with Crippen molar-refractivity contribution in [1.29, 1.82) is 0 Å². The normalized spacial score (nSPS) is 25.7. The summed E-state index contributed by atoms with van der Waals surface area (Å²) in [6, 6.07) is 0. The van der Waals surface area contributed by atoms with Gasteiger partial charge in [-0.1, -0.05) is 0 Å². The SMILES string of the molecule is CSC1(CC2=[C]([Ti+2])CC=C2)CC=CC=C1C.[Cl-].[Cl-]. The molecule has 1 unspecified atom stereocenters. The molecule has 4 heteroatoms. The zero-order valence-electron chi connectivity index (χ0n) is 10.7. The molecule has 0 bridgehead atoms. The van der Waals surface area contributed by atoms with E-state index in [2.05, 4.69) is 64.0 Å². The minimum Gasteiger partial charge on any atom is -1.00 e. The Morgan fingerprint density at radius 3 is 2.56 bits per heavy atom. The van der Waals surface area contributed by atoms with Crippen molar-refractivity contribution in [3.05, 3.63) is 45.4 Å². The Morgan fingerprint density at radius 1 is 1.33 bits per heavy atom. The van der Waals surface area contributed by atoms with Crippen molar-refractivity contribution in [2.75, 3.05) is 6.26 Å². The fourth-order valence-corrected chi connectivity index (χ4v) is 3.74. The Hall–Kier alpha value is 0.604. The first-order chi connectivity index (χ1) is 7.68. The summed E-state index contributed by atoms with van der Waals surface area (Å²) >= 11 is 4.27. The summed E-state index contributed by atoms with van der Waals surface area (Å²) in [5.74, 6) is 0. The van der Waals surface area contributed by atoms with Crippen LogP contribution in [-0.4, -0.2) is 11.0 Å². The van der Waals surface area contributed by atoms with Crippen LogP contribution < -0.4 is 24.8 Å². The van der Waals surface area contributed by atoms with Crippen molar-refractivity contribution >= 4 is 11.8 Å². The van der Waals surface area contributed by atoms with E-state index in [1.807, 2.05) is 11.8 Å². The zero-order chi connectivity index (χ0) is 11.6. The fraction of sp³-hybridized carbons (Fsp3) is 0.429. The van der Waals surface area contributed by atoms with Crippen LogP contribution in [-0.2, 0) is 20.4 Å². The molecule has 2 aliphatic rings. The first-order valence-electron chi connectivity index (χ1n) is 5.67. The van der Waals surface area contributed by atoms with Crippen LogP contribution in [0.5, 0.6) is 0 Å². The second-order valence-electron chi connectivity index (χ2n) is 4.47. The maximum atomic E-state index is 2.32. The van der Waals surface area contributed by atoms with E-state index in [0.717, 1.165) is 6.42 Å². The first-order valence-corrected chi connectivity index (χ1v) is 7.68. The molecule has 0 saturated heterocycles. The number of halogens is 2. The molecule has 18 heavy (non-hydrogen) atoms. The Balaban J connectivity index is 0.00000144. The second-order valence-corrected chi connectivity index (χ2v) is 6.60. The molecule has 2 aliphatic carbocycles. The van der Waals surface area contributed by atoms with Crippen molar-refractivity contribution < 1.29 is 45.2 Å². The maximum Gasteiger partial charge on any atom is -1.00 e. The largest absolute Gasteiger partial charge is 1.00 e. The van der Waals surface area contributed by atoms with E-state index >= 15 is 0 Å². The molecular weight excluding hydrogens is 319 g/mol. The number of thioether (sulfide) groups is 1. The average molecular weight is 336 g/mol. The van der Waals surface area contributed by atoms with Crippen LogP contribution in [0, 0.1) is 0 Å². The van der Waals surface area contributed by atoms with Gasteiger partial charge < -0.3 is 24.8 Å². The molecule has 0 aliphatic heterocycles. The molecule has 0 radical (unpaired) electrons. The first kappa shape index (κ1) is 18.6. The van der Waals surface area contributed by atoms with E-state index in [9.17, 15) is 0 Å². The van der Waals surface area contributed by atoms with Crippen molar-refractivity contribution in [2.45, 2.75) is 30.9 Å². The summed E-state index contributed by atoms with van der Waals surface area (Å²) in [5.41, 5.74) is 3.07. The minimum atomic E-state index is 0. The summed E-state index contributed by atoms with van der Waals surface area (Å²) in [5, 5.41) is 0. The number of allylic oxidation sites excluding steroid dienone is 7. The Bertz CT molecular complexity index is 410. The topological polar surface area (TPSA) is 0 Å². The summed E-state index contributed by atoms with van der Waals surface area (Å²) in [7, 11) is 0. The van der Waals surface area contributed by atoms with E-state index < -0.39 is 0 Å². The van der Waals surface area contributed by atoms with Crippen LogP contribution in [0.3, 0.4) is 0 Å². The number of rotatable bonds is 3. The van der Waals surface area contributed by atoms with E-state index in [4.69, 9.17) is 0 Å². The van der Waals surface area contributed by atoms with Gasteiger partial charge in [-0.05, 0) is 0 Å². The van der Waals surface area contributed by atoms with Crippen LogP contribution in [0.15, 0.2) is 45.4 Å². The Kier molecular flexibility index (Phi) is 8.29. The summed E-state index contributed by atoms with van der Waals surface area (Å²) in [4.78, 5) is 0. The molecule has 0 aromatic carbocycles. The van der Waals surface area contributed by atoms with Crippen LogP contribution in [0.25, 0.3) is 0 Å². The van der Waals surface area contributed by atoms with Crippen LogP contribution in [0.1, 0.15) is 26.2 Å². The van der Waals surface area contributed by atoms with Gasteiger partial charge in [0.25, 0.3) is 0 Å². The van der Waals surface area contributed by atoms with E-state index in [0.29, 0.717) is 4.75 Å². The summed E-state index contributed by atoms with van der Waals surface area (Å²) in [6.07, 6.45) is 17.1. The van der Waals surface area contributed by atoms with Crippen LogP contribution in [0.4, 0.5) is 0 Å². The molecule has 0 spiro atoms. The minimum absolute atomic E-state index is 0. The Morgan fingerprint density at radius 2 is 2.06 bits per heavy atom. The van der Waals surface area contributed by atoms with Crippen LogP contribution in [0.2, 0.25) is 0 Å². The maximum absolute atomic E-state index is 2.32. The van der Waals surface area contributed by atoms with Gasteiger partial charge in [0.2, 0.25) is 0 Å². The van der Waals surface area contributed by atoms with Gasteiger partial charge >= 0.3 is 115 Å². The van der Waals surface area contributed by atoms with Gasteiger partial charge in [0.1, 0.15) is 0 Å². The summed E-state index contributed by atoms with van der Waals surface area (Å²) in [6.45, 7) is 2.27. The van der Waals surface area contributed by atoms with Gasteiger partial charge in [-0.2, -0.15) is 0 Å². The number of hydrogen-bond donors (Lipinski definition) is 0. The molecule has 0 aromatic heterocycles. The quantitative estimate of drug-likeness (QED) is 0.546. The molecule has 0 heterocycles. The van der Waals surface area contributed by atoms with E-state index in [1.165, 1.54) is 18.4 Å². The second kappa shape index (κ2) is 8.02. The van der Waals surface area contributed by atoms with Gasteiger partial charge in [-0.3, -0.25) is 0 Å². The molecule has 0 fully saturated rings. The molecule has 0 saturated carbocycles. The molecule has 97 valence electrons. The predicted molar refractivity (Wildman–Crippen MR) is 69.2 cm³/mol. The van der Waals surface area contributed by atoms with Gasteiger partial charge in [-0.15, -0.1) is 0 Å². The molecule has 1 atom stereocenters. The fourth-order valence-electron chi connectivity index (χ4n) is 2.34. The monoisotopic (exact) mass is 335 g/mol. The van der Waals surface area contributed by atoms with Crippen molar-refractivity contribution in [3.63, 3.8) is 0 Å². The Labute approximate surface area is 139 Å². The zero-order valence-corrected chi connectivity index (χ0v) is 14.6. The third-order valence-electron chi connectivity index (χ3n) is 3.54. The predicted octanol–water partition coefficient (Wildman–Crippen LogP) is -1.85. The standard InChI is InChI=1S/C14H17S.2ClH.Ti/c1-12-7-5-6-10-14(12,15-2)11-13-8-3-4-9-13;;;/h3,5-8H,4,10-11H2,1-2H3;2*1H;/q;;;+2/p-2. The smallest absolute Gasteiger partial charge is 1.00 e. The molecule has 0 N–H and O–H groups in total. The third kappa shape index (κ3) is 3.80. The van der Waals surface area contributed by atoms with Gasteiger partial charge in [-0.25, -0.2) is 0 Å². The van der Waals surface area contributed by atoms with E-state index in [-0.39, 0.29) is 24.8 Å². The molecule has 0 nitrogen and oxygen atoms in total. The summed E-state index contributed by atoms with van der Waals surface area (Å²) < 4.78 is 1.86. The van der Waals surface area contributed by atoms with Crippen molar-refractivity contribution in [3.8, 4) is 0 Å². The van der Waals surface area contributed by atoms with Crippen LogP contribution >= 0.6 is 11.8 Å². The van der Waals surface area contributed by atoms with E-state index in [1.54, 1.807) is 9.45 Å². The molecule has 0 amide bonds.